The number of phenolic OH excluding ortho intramolecular Hbond substituents is 1. The first-order valence-electron chi connectivity index (χ1n) is 6.35. The topological polar surface area (TPSA) is 95.7 Å². The summed E-state index contributed by atoms with van der Waals surface area (Å²) in [6.07, 6.45) is 3.48. The molecule has 0 radical (unpaired) electrons. The van der Waals surface area contributed by atoms with Gasteiger partial charge in [-0.2, -0.15) is 5.10 Å². The monoisotopic (exact) mass is 289 g/mol. The fraction of sp³-hybridized carbons (Fsp3) is 0.214. The summed E-state index contributed by atoms with van der Waals surface area (Å²) in [7, 11) is 0. The number of carboxylic acid groups (broad SMARTS) is 1. The zero-order chi connectivity index (χ0) is 15.2. The average molecular weight is 289 g/mol. The number of anilines is 1. The Morgan fingerprint density at radius 1 is 1.24 bits per heavy atom. The Hall–Kier alpha value is -2.83. The molecule has 0 saturated carbocycles. The number of hydrogen-bond donors (Lipinski definition) is 2. The van der Waals surface area contributed by atoms with Crippen molar-refractivity contribution in [2.45, 2.75) is 13.0 Å². The molecule has 2 N–H and O–H groups in total. The first-order valence-corrected chi connectivity index (χ1v) is 6.35. The van der Waals surface area contributed by atoms with Gasteiger partial charge in [-0.1, -0.05) is 0 Å². The van der Waals surface area contributed by atoms with Crippen LogP contribution in [0.15, 0.2) is 42.7 Å². The van der Waals surface area contributed by atoms with Crippen molar-refractivity contribution in [2.75, 3.05) is 11.4 Å². The number of amides is 1. The van der Waals surface area contributed by atoms with Gasteiger partial charge in [0.05, 0.1) is 0 Å². The summed E-state index contributed by atoms with van der Waals surface area (Å²) in [5.41, 5.74) is 0.431. The van der Waals surface area contributed by atoms with Crippen molar-refractivity contribution < 1.29 is 19.8 Å². The van der Waals surface area contributed by atoms with E-state index < -0.39 is 12.5 Å². The number of phenols is 1. The zero-order valence-corrected chi connectivity index (χ0v) is 11.2. The average Bonchev–Trinajstić information content (AvgIpc) is 2.96. The number of carbonyl (C=O) groups is 2. The highest BCUT2D eigenvalue weighted by molar-refractivity contribution is 5.97. The van der Waals surface area contributed by atoms with Crippen LogP contribution in [0.5, 0.6) is 5.75 Å². The van der Waals surface area contributed by atoms with E-state index in [4.69, 9.17) is 5.11 Å². The number of aromatic hydroxyl groups is 1. The summed E-state index contributed by atoms with van der Waals surface area (Å²) in [5, 5.41) is 22.2. The van der Waals surface area contributed by atoms with E-state index in [1.165, 1.54) is 29.2 Å². The predicted octanol–water partition coefficient (Wildman–Crippen LogP) is 1.10. The van der Waals surface area contributed by atoms with Gasteiger partial charge in [0.25, 0.3) is 0 Å². The van der Waals surface area contributed by atoms with Crippen LogP contribution in [0.1, 0.15) is 6.42 Å². The standard InChI is InChI=1S/C14H15N3O4/c18-12-4-2-11(3-5-12)17(10-14(20)21)13(19)6-9-16-8-1-7-15-16/h1-5,7-8,18H,6,9-10H2,(H,20,21). The number of hydrogen-bond acceptors (Lipinski definition) is 4. The lowest BCUT2D eigenvalue weighted by molar-refractivity contribution is -0.136. The van der Waals surface area contributed by atoms with Gasteiger partial charge < -0.3 is 15.1 Å². The van der Waals surface area contributed by atoms with Crippen LogP contribution in [-0.2, 0) is 16.1 Å². The molecule has 0 aliphatic rings. The van der Waals surface area contributed by atoms with Crippen LogP contribution in [0.25, 0.3) is 0 Å². The van der Waals surface area contributed by atoms with Crippen molar-refractivity contribution in [3.8, 4) is 5.75 Å². The van der Waals surface area contributed by atoms with E-state index in [0.29, 0.717) is 12.2 Å². The number of carbonyl (C=O) groups excluding carboxylic acids is 1. The summed E-state index contributed by atoms with van der Waals surface area (Å²) in [6, 6.07) is 7.57. The number of carboxylic acids is 1. The summed E-state index contributed by atoms with van der Waals surface area (Å²) < 4.78 is 1.60. The van der Waals surface area contributed by atoms with Crippen LogP contribution in [0, 0.1) is 0 Å². The first kappa shape index (κ1) is 14.6. The van der Waals surface area contributed by atoms with Crippen LogP contribution in [-0.4, -0.2) is 38.4 Å². The van der Waals surface area contributed by atoms with E-state index >= 15 is 0 Å². The molecule has 0 atom stereocenters. The quantitative estimate of drug-likeness (QED) is 0.830. The van der Waals surface area contributed by atoms with Gasteiger partial charge in [-0.3, -0.25) is 14.3 Å². The van der Waals surface area contributed by atoms with Crippen molar-refractivity contribution in [2.24, 2.45) is 0 Å². The third-order valence-electron chi connectivity index (χ3n) is 2.87. The van der Waals surface area contributed by atoms with Crippen LogP contribution in [0.3, 0.4) is 0 Å². The lowest BCUT2D eigenvalue weighted by atomic mass is 10.2. The number of benzene rings is 1. The normalized spacial score (nSPS) is 10.3. The highest BCUT2D eigenvalue weighted by Crippen LogP contribution is 2.19. The minimum absolute atomic E-state index is 0.0537. The van der Waals surface area contributed by atoms with Gasteiger partial charge in [0.15, 0.2) is 0 Å². The second-order valence-corrected chi connectivity index (χ2v) is 4.41. The van der Waals surface area contributed by atoms with E-state index in [0.717, 1.165) is 0 Å². The van der Waals surface area contributed by atoms with Crippen LogP contribution in [0.4, 0.5) is 5.69 Å². The maximum atomic E-state index is 12.2. The van der Waals surface area contributed by atoms with Crippen molar-refractivity contribution in [1.82, 2.24) is 9.78 Å². The maximum Gasteiger partial charge on any atom is 0.323 e. The Morgan fingerprint density at radius 2 is 1.95 bits per heavy atom. The van der Waals surface area contributed by atoms with E-state index in [9.17, 15) is 14.7 Å². The minimum Gasteiger partial charge on any atom is -0.508 e. The number of aliphatic carboxylic acids is 1. The molecule has 0 fully saturated rings. The molecule has 0 spiro atoms. The SMILES string of the molecule is O=C(O)CN(C(=O)CCn1cccn1)c1ccc(O)cc1. The minimum atomic E-state index is -1.10. The smallest absolute Gasteiger partial charge is 0.323 e. The van der Waals surface area contributed by atoms with Gasteiger partial charge in [0, 0.05) is 31.0 Å². The third-order valence-corrected chi connectivity index (χ3v) is 2.87. The molecule has 1 heterocycles. The van der Waals surface area contributed by atoms with Crippen LogP contribution < -0.4 is 4.90 Å². The summed E-state index contributed by atoms with van der Waals surface area (Å²) in [6.45, 7) is -0.0528. The maximum absolute atomic E-state index is 12.2. The molecule has 1 aromatic heterocycles. The van der Waals surface area contributed by atoms with Gasteiger partial charge in [-0.15, -0.1) is 0 Å². The van der Waals surface area contributed by atoms with Gasteiger partial charge in [0.1, 0.15) is 12.3 Å². The molecular weight excluding hydrogens is 274 g/mol. The van der Waals surface area contributed by atoms with E-state index in [-0.39, 0.29) is 18.1 Å². The van der Waals surface area contributed by atoms with Gasteiger partial charge >= 0.3 is 5.97 Å². The highest BCUT2D eigenvalue weighted by Gasteiger charge is 2.18. The molecule has 0 bridgehead atoms. The first-order chi connectivity index (χ1) is 10.1. The second kappa shape index (κ2) is 6.56. The Labute approximate surface area is 121 Å². The molecule has 1 amide bonds. The molecule has 0 saturated heterocycles. The summed E-state index contributed by atoms with van der Waals surface area (Å²) in [4.78, 5) is 24.3. The fourth-order valence-electron chi connectivity index (χ4n) is 1.87. The van der Waals surface area contributed by atoms with Crippen molar-refractivity contribution in [1.29, 1.82) is 0 Å². The summed E-state index contributed by atoms with van der Waals surface area (Å²) in [5.74, 6) is -1.37. The largest absolute Gasteiger partial charge is 0.508 e. The molecular formula is C14H15N3O4. The second-order valence-electron chi connectivity index (χ2n) is 4.41. The zero-order valence-electron chi connectivity index (χ0n) is 11.2. The molecule has 2 aromatic rings. The predicted molar refractivity (Wildman–Crippen MR) is 74.9 cm³/mol. The molecule has 2 rings (SSSR count). The molecule has 0 aliphatic heterocycles. The van der Waals surface area contributed by atoms with Gasteiger partial charge in [0.2, 0.25) is 5.91 Å². The molecule has 110 valence electrons. The van der Waals surface area contributed by atoms with Crippen LogP contribution in [0.2, 0.25) is 0 Å². The number of aromatic nitrogens is 2. The molecule has 0 unspecified atom stereocenters. The Kier molecular flexibility index (Phi) is 4.55. The molecule has 7 nitrogen and oxygen atoms in total. The molecule has 7 heteroatoms. The molecule has 21 heavy (non-hydrogen) atoms. The Morgan fingerprint density at radius 3 is 2.52 bits per heavy atom. The number of aryl methyl sites for hydroxylation is 1. The summed E-state index contributed by atoms with van der Waals surface area (Å²) >= 11 is 0. The van der Waals surface area contributed by atoms with E-state index in [1.807, 2.05) is 0 Å². The molecule has 0 aliphatic carbocycles. The Bertz CT molecular complexity index is 608. The van der Waals surface area contributed by atoms with Crippen molar-refractivity contribution in [3.05, 3.63) is 42.7 Å². The van der Waals surface area contributed by atoms with Gasteiger partial charge in [-0.05, 0) is 30.3 Å². The Balaban J connectivity index is 2.09. The van der Waals surface area contributed by atoms with Crippen LogP contribution >= 0.6 is 0 Å². The van der Waals surface area contributed by atoms with Crippen molar-refractivity contribution >= 4 is 17.6 Å². The van der Waals surface area contributed by atoms with Gasteiger partial charge in [-0.25, -0.2) is 0 Å². The van der Waals surface area contributed by atoms with Crippen molar-refractivity contribution in [3.63, 3.8) is 0 Å². The van der Waals surface area contributed by atoms with E-state index in [2.05, 4.69) is 5.10 Å². The number of nitrogens with zero attached hydrogens (tertiary/aromatic N) is 3. The highest BCUT2D eigenvalue weighted by atomic mass is 16.4. The lowest BCUT2D eigenvalue weighted by Gasteiger charge is -2.21. The fourth-order valence-corrected chi connectivity index (χ4v) is 1.87. The van der Waals surface area contributed by atoms with E-state index in [1.54, 1.807) is 23.1 Å². The molecule has 1 aromatic carbocycles. The lowest BCUT2D eigenvalue weighted by Crippen LogP contribution is -2.36. The number of rotatable bonds is 6. The third kappa shape index (κ3) is 4.07.